The molecule has 4 nitrogen and oxygen atoms in total. The minimum atomic E-state index is -0.324. The van der Waals surface area contributed by atoms with Crippen LogP contribution < -0.4 is 9.16 Å². The average Bonchev–Trinajstić information content (AvgIpc) is 2.47. The predicted octanol–water partition coefficient (Wildman–Crippen LogP) is 2.89. The van der Waals surface area contributed by atoms with Crippen LogP contribution in [0.25, 0.3) is 0 Å². The van der Waals surface area contributed by atoms with E-state index in [4.69, 9.17) is 16.5 Å². The van der Waals surface area contributed by atoms with Gasteiger partial charge in [-0.15, -0.1) is 0 Å². The zero-order valence-electron chi connectivity index (χ0n) is 9.71. The number of anilines is 1. The lowest BCUT2D eigenvalue weighted by Crippen LogP contribution is -2.20. The summed E-state index contributed by atoms with van der Waals surface area (Å²) in [5, 5.41) is 0. The van der Waals surface area contributed by atoms with Crippen molar-refractivity contribution < 1.29 is 9.53 Å². The van der Waals surface area contributed by atoms with Crippen LogP contribution >= 0.6 is 11.8 Å². The monoisotopic (exact) mass is 262 g/mol. The Kier molecular flexibility index (Phi) is 3.79. The molecule has 1 heterocycles. The molecule has 2 rings (SSSR count). The van der Waals surface area contributed by atoms with Crippen LogP contribution in [0.1, 0.15) is 10.4 Å². The Morgan fingerprint density at radius 1 is 1.28 bits per heavy atom. The molecule has 0 atom stereocenters. The summed E-state index contributed by atoms with van der Waals surface area (Å²) in [6, 6.07) is 10.2. The second kappa shape index (κ2) is 5.51. The highest BCUT2D eigenvalue weighted by Crippen LogP contribution is 2.22. The minimum absolute atomic E-state index is 0.324. The molecule has 18 heavy (non-hydrogen) atoms. The van der Waals surface area contributed by atoms with E-state index in [0.29, 0.717) is 17.0 Å². The first-order valence-corrected chi connectivity index (χ1v) is 5.60. The summed E-state index contributed by atoms with van der Waals surface area (Å²) in [6.07, 6.45) is 3.07. The van der Waals surface area contributed by atoms with Gasteiger partial charge in [0, 0.05) is 24.2 Å². The van der Waals surface area contributed by atoms with Gasteiger partial charge in [-0.1, -0.05) is 0 Å². The fourth-order valence-corrected chi connectivity index (χ4v) is 1.64. The first kappa shape index (κ1) is 12.4. The number of aromatic nitrogens is 1. The second-order valence-electron chi connectivity index (χ2n) is 3.53. The maximum Gasteiger partial charge on any atom is 0.274 e. The van der Waals surface area contributed by atoms with Crippen molar-refractivity contribution in [3.8, 4) is 5.75 Å². The third-order valence-corrected chi connectivity index (χ3v) is 2.73. The van der Waals surface area contributed by atoms with Crippen LogP contribution in [0.2, 0.25) is 0 Å². The highest BCUT2D eigenvalue weighted by atomic mass is 35.5. The van der Waals surface area contributed by atoms with Gasteiger partial charge in [-0.3, -0.25) is 9.78 Å². The molecule has 1 amide bonds. The number of methoxy groups -OCH3 is 1. The highest BCUT2D eigenvalue weighted by molar-refractivity contribution is 6.39. The molecule has 92 valence electrons. The van der Waals surface area contributed by atoms with E-state index >= 15 is 0 Å². The topological polar surface area (TPSA) is 42.4 Å². The lowest BCUT2D eigenvalue weighted by atomic mass is 10.2. The SMILES string of the molecule is COc1ccc(N(Cl)C(=O)c2cccnc2)cc1. The molecule has 5 heteroatoms. The molecule has 0 fully saturated rings. The van der Waals surface area contributed by atoms with Crippen LogP contribution in [-0.4, -0.2) is 18.0 Å². The Bertz CT molecular complexity index is 528. The highest BCUT2D eigenvalue weighted by Gasteiger charge is 2.15. The van der Waals surface area contributed by atoms with Crippen LogP contribution in [0.4, 0.5) is 5.69 Å². The third-order valence-electron chi connectivity index (χ3n) is 2.39. The zero-order chi connectivity index (χ0) is 13.0. The molecule has 1 aromatic carbocycles. The fraction of sp³-hybridized carbons (Fsp3) is 0.0769. The second-order valence-corrected chi connectivity index (χ2v) is 3.86. The standard InChI is InChI=1S/C13H11ClN2O2/c1-18-12-6-4-11(5-7-12)16(14)13(17)10-3-2-8-15-9-10/h2-9H,1H3. The molecule has 2 aromatic rings. The Labute approximate surface area is 110 Å². The molecule has 0 radical (unpaired) electrons. The fourth-order valence-electron chi connectivity index (χ4n) is 1.43. The number of benzene rings is 1. The number of nitrogens with zero attached hydrogens (tertiary/aromatic N) is 2. The molecular formula is C13H11ClN2O2. The number of halogens is 1. The predicted molar refractivity (Wildman–Crippen MR) is 69.9 cm³/mol. The number of hydrogen-bond acceptors (Lipinski definition) is 3. The van der Waals surface area contributed by atoms with Crippen LogP contribution in [0.15, 0.2) is 48.8 Å². The van der Waals surface area contributed by atoms with Crippen LogP contribution in [-0.2, 0) is 0 Å². The maximum atomic E-state index is 12.0. The third kappa shape index (κ3) is 2.60. The number of carbonyl (C=O) groups is 1. The summed E-state index contributed by atoms with van der Waals surface area (Å²) >= 11 is 6.00. The van der Waals surface area contributed by atoms with Crippen molar-refractivity contribution in [3.05, 3.63) is 54.4 Å². The molecule has 0 spiro atoms. The van der Waals surface area contributed by atoms with E-state index in [9.17, 15) is 4.79 Å². The maximum absolute atomic E-state index is 12.0. The van der Waals surface area contributed by atoms with Crippen molar-refractivity contribution in [3.63, 3.8) is 0 Å². The first-order chi connectivity index (χ1) is 8.72. The Morgan fingerprint density at radius 2 is 2.00 bits per heavy atom. The van der Waals surface area contributed by atoms with Gasteiger partial charge in [0.05, 0.1) is 18.4 Å². The molecule has 1 aromatic heterocycles. The Morgan fingerprint density at radius 3 is 2.56 bits per heavy atom. The van der Waals surface area contributed by atoms with Crippen molar-refractivity contribution in [2.45, 2.75) is 0 Å². The lowest BCUT2D eigenvalue weighted by molar-refractivity contribution is 0.100. The van der Waals surface area contributed by atoms with Gasteiger partial charge in [-0.2, -0.15) is 0 Å². The molecule has 0 saturated carbocycles. The summed E-state index contributed by atoms with van der Waals surface area (Å²) in [5.74, 6) is 0.382. The van der Waals surface area contributed by atoms with Crippen molar-refractivity contribution in [2.75, 3.05) is 11.5 Å². The smallest absolute Gasteiger partial charge is 0.274 e. The van der Waals surface area contributed by atoms with Gasteiger partial charge in [0.25, 0.3) is 5.91 Å². The van der Waals surface area contributed by atoms with Gasteiger partial charge < -0.3 is 4.74 Å². The van der Waals surface area contributed by atoms with E-state index in [-0.39, 0.29) is 5.91 Å². The summed E-state index contributed by atoms with van der Waals surface area (Å²) in [7, 11) is 1.58. The number of ether oxygens (including phenoxy) is 1. The van der Waals surface area contributed by atoms with Gasteiger partial charge in [0.2, 0.25) is 0 Å². The summed E-state index contributed by atoms with van der Waals surface area (Å²) in [4.78, 5) is 15.9. The Hall–Kier alpha value is -2.07. The van der Waals surface area contributed by atoms with E-state index in [1.165, 1.54) is 6.20 Å². The van der Waals surface area contributed by atoms with E-state index in [2.05, 4.69) is 4.98 Å². The molecule has 0 aliphatic rings. The van der Waals surface area contributed by atoms with E-state index < -0.39 is 0 Å². The van der Waals surface area contributed by atoms with Crippen LogP contribution in [0, 0.1) is 0 Å². The van der Waals surface area contributed by atoms with Crippen molar-refractivity contribution in [1.29, 1.82) is 0 Å². The van der Waals surface area contributed by atoms with E-state index in [1.807, 2.05) is 0 Å². The zero-order valence-corrected chi connectivity index (χ0v) is 10.5. The molecule has 0 N–H and O–H groups in total. The van der Waals surface area contributed by atoms with Crippen LogP contribution in [0.3, 0.4) is 0 Å². The van der Waals surface area contributed by atoms with Crippen LogP contribution in [0.5, 0.6) is 5.75 Å². The van der Waals surface area contributed by atoms with Crippen molar-refractivity contribution in [1.82, 2.24) is 4.98 Å². The normalized spacial score (nSPS) is 9.89. The van der Waals surface area contributed by atoms with Crippen molar-refractivity contribution >= 4 is 23.4 Å². The van der Waals surface area contributed by atoms with E-state index in [1.54, 1.807) is 49.7 Å². The summed E-state index contributed by atoms with van der Waals surface area (Å²) in [5.41, 5.74) is 1.01. The van der Waals surface area contributed by atoms with Gasteiger partial charge >= 0.3 is 0 Å². The molecular weight excluding hydrogens is 252 g/mol. The molecule has 0 unspecified atom stereocenters. The largest absolute Gasteiger partial charge is 0.497 e. The number of rotatable bonds is 3. The molecule has 0 bridgehead atoms. The number of carbonyl (C=O) groups excluding carboxylic acids is 1. The molecule has 0 aliphatic carbocycles. The molecule has 0 aliphatic heterocycles. The lowest BCUT2D eigenvalue weighted by Gasteiger charge is -2.14. The van der Waals surface area contributed by atoms with Gasteiger partial charge in [-0.25, -0.2) is 4.42 Å². The van der Waals surface area contributed by atoms with E-state index in [0.717, 1.165) is 4.42 Å². The number of amides is 1. The quantitative estimate of drug-likeness (QED) is 0.799. The number of hydrogen-bond donors (Lipinski definition) is 0. The summed E-state index contributed by atoms with van der Waals surface area (Å²) in [6.45, 7) is 0. The first-order valence-electron chi connectivity index (χ1n) is 5.26. The molecule has 0 saturated heterocycles. The minimum Gasteiger partial charge on any atom is -0.497 e. The van der Waals surface area contributed by atoms with Gasteiger partial charge in [-0.05, 0) is 36.4 Å². The number of pyridine rings is 1. The average molecular weight is 263 g/mol. The van der Waals surface area contributed by atoms with Crippen molar-refractivity contribution in [2.24, 2.45) is 0 Å². The Balaban J connectivity index is 2.20. The van der Waals surface area contributed by atoms with Gasteiger partial charge in [0.15, 0.2) is 0 Å². The van der Waals surface area contributed by atoms with Gasteiger partial charge in [0.1, 0.15) is 5.75 Å². The summed E-state index contributed by atoms with van der Waals surface area (Å²) < 4.78 is 6.09.